The summed E-state index contributed by atoms with van der Waals surface area (Å²) >= 11 is 5.40. The average Bonchev–Trinajstić information content (AvgIpc) is 2.78. The maximum Gasteiger partial charge on any atom is 0.161 e. The Hall–Kier alpha value is -0.480. The van der Waals surface area contributed by atoms with Crippen LogP contribution in [0.4, 0.5) is 5.69 Å². The van der Waals surface area contributed by atoms with Gasteiger partial charge in [-0.05, 0) is 53.4 Å². The van der Waals surface area contributed by atoms with E-state index >= 15 is 0 Å². The summed E-state index contributed by atoms with van der Waals surface area (Å²) in [6, 6.07) is 6.32. The van der Waals surface area contributed by atoms with E-state index in [0.717, 1.165) is 33.9 Å². The van der Waals surface area contributed by atoms with E-state index in [9.17, 15) is 0 Å². The molecule has 0 bridgehead atoms. The van der Waals surface area contributed by atoms with Crippen LogP contribution in [0.15, 0.2) is 27.7 Å². The molecule has 1 heterocycles. The predicted molar refractivity (Wildman–Crippen MR) is 85.7 cm³/mol. The van der Waals surface area contributed by atoms with Gasteiger partial charge in [-0.2, -0.15) is 0 Å². The number of amidine groups is 1. The van der Waals surface area contributed by atoms with Gasteiger partial charge in [-0.1, -0.05) is 31.7 Å². The topological polar surface area (TPSA) is 24.4 Å². The highest BCUT2D eigenvalue weighted by molar-refractivity contribution is 9.10. The lowest BCUT2D eigenvalue weighted by Crippen LogP contribution is -2.24. The first-order chi connectivity index (χ1) is 8.58. The molecule has 0 saturated carbocycles. The fourth-order valence-electron chi connectivity index (χ4n) is 2.01. The largest absolute Gasteiger partial charge is 0.334 e. The number of benzene rings is 1. The first kappa shape index (κ1) is 13.9. The summed E-state index contributed by atoms with van der Waals surface area (Å²) in [5.41, 5.74) is 2.49. The van der Waals surface area contributed by atoms with Crippen LogP contribution in [0, 0.1) is 6.92 Å². The Morgan fingerprint density at radius 1 is 1.39 bits per heavy atom. The molecule has 0 amide bonds. The molecule has 1 aliphatic rings. The monoisotopic (exact) mass is 326 g/mol. The number of aryl methyl sites for hydroxylation is 1. The molecule has 0 radical (unpaired) electrons. The fraction of sp³-hybridized carbons (Fsp3) is 0.500. The Balaban J connectivity index is 2.18. The molecule has 2 rings (SSSR count). The van der Waals surface area contributed by atoms with E-state index in [0.29, 0.717) is 0 Å². The van der Waals surface area contributed by atoms with Crippen molar-refractivity contribution in [3.8, 4) is 0 Å². The van der Waals surface area contributed by atoms with Crippen molar-refractivity contribution in [1.29, 1.82) is 0 Å². The number of hydrogen-bond acceptors (Lipinski definition) is 3. The van der Waals surface area contributed by atoms with Crippen molar-refractivity contribution < 1.29 is 0 Å². The molecule has 0 aromatic heterocycles. The number of hydrogen-bond donors (Lipinski definition) is 1. The van der Waals surface area contributed by atoms with Crippen molar-refractivity contribution >= 4 is 38.5 Å². The SMILES string of the molecule is CCC1(CC)CSC(Nc2cc(C)ccc2Br)=N1. The lowest BCUT2D eigenvalue weighted by atomic mass is 9.97. The first-order valence-electron chi connectivity index (χ1n) is 6.34. The summed E-state index contributed by atoms with van der Waals surface area (Å²) in [7, 11) is 0. The Bertz CT molecular complexity index is 467. The van der Waals surface area contributed by atoms with Crippen molar-refractivity contribution in [2.24, 2.45) is 4.99 Å². The van der Waals surface area contributed by atoms with Gasteiger partial charge in [0.05, 0.1) is 11.2 Å². The molecule has 1 aromatic rings. The van der Waals surface area contributed by atoms with Gasteiger partial charge < -0.3 is 5.32 Å². The smallest absolute Gasteiger partial charge is 0.161 e. The molecule has 0 aliphatic carbocycles. The summed E-state index contributed by atoms with van der Waals surface area (Å²) in [5.74, 6) is 1.09. The lowest BCUT2D eigenvalue weighted by Gasteiger charge is -2.20. The average molecular weight is 327 g/mol. The molecule has 0 unspecified atom stereocenters. The van der Waals surface area contributed by atoms with Crippen LogP contribution in [0.1, 0.15) is 32.3 Å². The highest BCUT2D eigenvalue weighted by atomic mass is 79.9. The van der Waals surface area contributed by atoms with Crippen LogP contribution < -0.4 is 5.32 Å². The highest BCUT2D eigenvalue weighted by Gasteiger charge is 2.32. The van der Waals surface area contributed by atoms with Crippen LogP contribution in [0.2, 0.25) is 0 Å². The second-order valence-corrected chi connectivity index (χ2v) is 6.56. The molecule has 1 N–H and O–H groups in total. The maximum absolute atomic E-state index is 4.87. The predicted octanol–water partition coefficient (Wildman–Crippen LogP) is 4.83. The van der Waals surface area contributed by atoms with Gasteiger partial charge in [0, 0.05) is 10.2 Å². The summed E-state index contributed by atoms with van der Waals surface area (Å²) < 4.78 is 1.09. The third-order valence-electron chi connectivity index (χ3n) is 3.50. The molecule has 0 spiro atoms. The van der Waals surface area contributed by atoms with Gasteiger partial charge in [0.15, 0.2) is 5.17 Å². The van der Waals surface area contributed by atoms with E-state index in [-0.39, 0.29) is 5.54 Å². The zero-order chi connectivity index (χ0) is 13.2. The van der Waals surface area contributed by atoms with Gasteiger partial charge in [0.2, 0.25) is 0 Å². The summed E-state index contributed by atoms with van der Waals surface area (Å²) in [6.45, 7) is 6.54. The second kappa shape index (κ2) is 5.66. The maximum atomic E-state index is 4.87. The van der Waals surface area contributed by atoms with Crippen molar-refractivity contribution in [3.63, 3.8) is 0 Å². The molecule has 18 heavy (non-hydrogen) atoms. The Labute approximate surface area is 122 Å². The van der Waals surface area contributed by atoms with Crippen molar-refractivity contribution in [1.82, 2.24) is 0 Å². The van der Waals surface area contributed by atoms with Gasteiger partial charge >= 0.3 is 0 Å². The number of halogens is 1. The molecule has 4 heteroatoms. The molecule has 0 atom stereocenters. The van der Waals surface area contributed by atoms with Crippen LogP contribution in [-0.2, 0) is 0 Å². The highest BCUT2D eigenvalue weighted by Crippen LogP contribution is 2.34. The Morgan fingerprint density at radius 3 is 2.72 bits per heavy atom. The van der Waals surface area contributed by atoms with Gasteiger partial charge in [0.1, 0.15) is 0 Å². The van der Waals surface area contributed by atoms with Crippen LogP contribution >= 0.6 is 27.7 Å². The number of anilines is 1. The van der Waals surface area contributed by atoms with E-state index in [2.05, 4.69) is 60.2 Å². The molecule has 0 saturated heterocycles. The summed E-state index contributed by atoms with van der Waals surface area (Å²) in [5, 5.41) is 4.49. The van der Waals surface area contributed by atoms with Crippen molar-refractivity contribution in [3.05, 3.63) is 28.2 Å². The summed E-state index contributed by atoms with van der Waals surface area (Å²) in [4.78, 5) is 4.87. The fourth-order valence-corrected chi connectivity index (χ4v) is 3.67. The third-order valence-corrected chi connectivity index (χ3v) is 5.34. The first-order valence-corrected chi connectivity index (χ1v) is 8.12. The van der Waals surface area contributed by atoms with E-state index in [1.165, 1.54) is 5.56 Å². The van der Waals surface area contributed by atoms with E-state index < -0.39 is 0 Å². The van der Waals surface area contributed by atoms with Crippen molar-refractivity contribution in [2.75, 3.05) is 11.1 Å². The molecular weight excluding hydrogens is 308 g/mol. The number of nitrogens with one attached hydrogen (secondary N) is 1. The molecule has 0 fully saturated rings. The van der Waals surface area contributed by atoms with Gasteiger partial charge in [-0.15, -0.1) is 0 Å². The minimum absolute atomic E-state index is 0.142. The lowest BCUT2D eigenvalue weighted by molar-refractivity contribution is 0.456. The standard InChI is InChI=1S/C14H19BrN2S/c1-4-14(5-2)9-18-13(17-14)16-12-8-10(3)6-7-11(12)15/h6-8H,4-5,9H2,1-3H3,(H,16,17). The molecule has 98 valence electrons. The van der Waals surface area contributed by atoms with Crippen LogP contribution in [0.3, 0.4) is 0 Å². The van der Waals surface area contributed by atoms with E-state index in [1.807, 2.05) is 11.8 Å². The minimum atomic E-state index is 0.142. The van der Waals surface area contributed by atoms with Gasteiger partial charge in [-0.3, -0.25) is 4.99 Å². The summed E-state index contributed by atoms with van der Waals surface area (Å²) in [6.07, 6.45) is 2.22. The van der Waals surface area contributed by atoms with E-state index in [4.69, 9.17) is 4.99 Å². The van der Waals surface area contributed by atoms with Crippen LogP contribution in [-0.4, -0.2) is 16.5 Å². The number of thioether (sulfide) groups is 1. The van der Waals surface area contributed by atoms with E-state index in [1.54, 1.807) is 0 Å². The molecule has 1 aromatic carbocycles. The number of rotatable bonds is 3. The quantitative estimate of drug-likeness (QED) is 0.860. The zero-order valence-corrected chi connectivity index (χ0v) is 13.5. The van der Waals surface area contributed by atoms with Gasteiger partial charge in [0.25, 0.3) is 0 Å². The zero-order valence-electron chi connectivity index (χ0n) is 11.1. The minimum Gasteiger partial charge on any atom is -0.334 e. The van der Waals surface area contributed by atoms with Crippen LogP contribution in [0.5, 0.6) is 0 Å². The third kappa shape index (κ3) is 2.91. The number of aliphatic imine (C=N–C) groups is 1. The molecular formula is C14H19BrN2S. The number of nitrogens with zero attached hydrogens (tertiary/aromatic N) is 1. The van der Waals surface area contributed by atoms with Crippen molar-refractivity contribution in [2.45, 2.75) is 39.2 Å². The van der Waals surface area contributed by atoms with Gasteiger partial charge in [-0.25, -0.2) is 0 Å². The second-order valence-electron chi connectivity index (χ2n) is 4.75. The molecule has 2 nitrogen and oxygen atoms in total. The molecule has 1 aliphatic heterocycles. The Kier molecular flexibility index (Phi) is 4.38. The van der Waals surface area contributed by atoms with Crippen LogP contribution in [0.25, 0.3) is 0 Å². The normalized spacial score (nSPS) is 17.7. The Morgan fingerprint density at radius 2 is 2.11 bits per heavy atom.